The zero-order chi connectivity index (χ0) is 47.5. The normalized spacial score (nSPS) is 11.6. The number of rotatable bonds is 10. The Balaban J connectivity index is 0.000000196. The molecule has 0 unspecified atom stereocenters. The van der Waals surface area contributed by atoms with Crippen molar-refractivity contribution in [2.45, 2.75) is 26.2 Å². The molecule has 24 heteroatoms. The maximum Gasteiger partial charge on any atom is 0.450 e. The van der Waals surface area contributed by atoms with Gasteiger partial charge in [0.2, 0.25) is 11.6 Å². The van der Waals surface area contributed by atoms with Crippen LogP contribution in [0.5, 0.6) is 11.5 Å². The predicted octanol–water partition coefficient (Wildman–Crippen LogP) is 9.53. The predicted molar refractivity (Wildman–Crippen MR) is 214 cm³/mol. The van der Waals surface area contributed by atoms with Crippen LogP contribution in [0.2, 0.25) is 0 Å². The fraction of sp³-hybridized carbons (Fsp3) is 0.143. The lowest BCUT2D eigenvalue weighted by Crippen LogP contribution is -2.17. The molecule has 2 N–H and O–H groups in total. The zero-order valence-electron chi connectivity index (χ0n) is 33.6. The van der Waals surface area contributed by atoms with Crippen LogP contribution in [0.15, 0.2) is 97.6 Å². The lowest BCUT2D eigenvalue weighted by Gasteiger charge is -2.11. The SMILES string of the molecule is CCOc1ccc2c(c1)nc(C(F)(F)F)n2-c1cnc(NC(=O)c2cc(F)ccc2F)cn1.CCOc1ccc2c(c1)nc(C(F)(F)F)n2-c1cnc(NC(=O)c2ccc(F)cc2F)cn1. The molecule has 0 bridgehead atoms. The molecule has 4 heterocycles. The largest absolute Gasteiger partial charge is 0.494 e. The van der Waals surface area contributed by atoms with Gasteiger partial charge in [-0.3, -0.25) is 18.7 Å². The molecule has 8 rings (SSSR count). The first-order chi connectivity index (χ1) is 31.3. The second-order valence-electron chi connectivity index (χ2n) is 13.4. The lowest BCUT2D eigenvalue weighted by molar-refractivity contribution is -0.146. The van der Waals surface area contributed by atoms with Gasteiger partial charge in [0, 0.05) is 18.2 Å². The second kappa shape index (κ2) is 18.5. The van der Waals surface area contributed by atoms with Crippen molar-refractivity contribution in [1.82, 2.24) is 39.0 Å². The van der Waals surface area contributed by atoms with E-state index in [1.165, 1.54) is 36.4 Å². The highest BCUT2D eigenvalue weighted by Crippen LogP contribution is 2.36. The van der Waals surface area contributed by atoms with E-state index < -0.39 is 70.2 Å². The Morgan fingerprint density at radius 3 is 1.42 bits per heavy atom. The lowest BCUT2D eigenvalue weighted by atomic mass is 10.2. The fourth-order valence-electron chi connectivity index (χ4n) is 6.19. The van der Waals surface area contributed by atoms with Gasteiger partial charge < -0.3 is 20.1 Å². The topological polar surface area (TPSA) is 164 Å². The average molecular weight is 927 g/mol. The number of anilines is 2. The van der Waals surface area contributed by atoms with Crippen LogP contribution in [0.25, 0.3) is 33.7 Å². The molecular weight excluding hydrogens is 899 g/mol. The quantitative estimate of drug-likeness (QED) is 0.126. The zero-order valence-corrected chi connectivity index (χ0v) is 33.6. The number of alkyl halides is 6. The van der Waals surface area contributed by atoms with Gasteiger partial charge in [-0.15, -0.1) is 0 Å². The molecule has 0 aliphatic carbocycles. The molecule has 8 aromatic rings. The smallest absolute Gasteiger partial charge is 0.450 e. The van der Waals surface area contributed by atoms with Gasteiger partial charge in [0.05, 0.1) is 71.2 Å². The number of nitrogens with zero attached hydrogens (tertiary/aromatic N) is 8. The summed E-state index contributed by atoms with van der Waals surface area (Å²) in [5, 5.41) is 4.48. The molecule has 0 aliphatic heterocycles. The minimum Gasteiger partial charge on any atom is -0.494 e. The monoisotopic (exact) mass is 926 g/mol. The first kappa shape index (κ1) is 45.8. The van der Waals surface area contributed by atoms with Crippen molar-refractivity contribution in [1.29, 1.82) is 0 Å². The Hall–Kier alpha value is -8.18. The molecule has 0 spiro atoms. The Labute approximate surface area is 363 Å². The maximum absolute atomic E-state index is 13.8. The molecular formula is C42H28F10N10O4. The van der Waals surface area contributed by atoms with Crippen molar-refractivity contribution >= 4 is 45.5 Å². The highest BCUT2D eigenvalue weighted by Gasteiger charge is 2.40. The van der Waals surface area contributed by atoms with E-state index >= 15 is 0 Å². The molecule has 0 saturated carbocycles. The molecule has 4 aromatic carbocycles. The third-order valence-corrected chi connectivity index (χ3v) is 8.95. The summed E-state index contributed by atoms with van der Waals surface area (Å²) in [6.45, 7) is 4.14. The number of halogens is 10. The summed E-state index contributed by atoms with van der Waals surface area (Å²) < 4.78 is 148. The Morgan fingerprint density at radius 1 is 0.545 bits per heavy atom. The molecule has 0 atom stereocenters. The van der Waals surface area contributed by atoms with E-state index in [2.05, 4.69) is 40.5 Å². The van der Waals surface area contributed by atoms with Crippen molar-refractivity contribution < 1.29 is 63.0 Å². The van der Waals surface area contributed by atoms with Crippen molar-refractivity contribution in [2.24, 2.45) is 0 Å². The number of imidazole rings is 2. The summed E-state index contributed by atoms with van der Waals surface area (Å²) in [4.78, 5) is 47.4. The van der Waals surface area contributed by atoms with E-state index in [0.717, 1.165) is 58.2 Å². The van der Waals surface area contributed by atoms with E-state index in [9.17, 15) is 53.5 Å². The number of nitrogens with one attached hydrogen (secondary N) is 2. The number of hydrogen-bond acceptors (Lipinski definition) is 10. The number of hydrogen-bond donors (Lipinski definition) is 2. The van der Waals surface area contributed by atoms with Gasteiger partial charge in [0.15, 0.2) is 23.3 Å². The van der Waals surface area contributed by atoms with E-state index in [1.54, 1.807) is 13.8 Å². The molecule has 2 amide bonds. The molecule has 0 radical (unpaired) electrons. The number of amides is 2. The number of aromatic nitrogens is 8. The average Bonchev–Trinajstić information content (AvgIpc) is 3.85. The van der Waals surface area contributed by atoms with Gasteiger partial charge in [-0.1, -0.05) is 0 Å². The van der Waals surface area contributed by atoms with E-state index in [4.69, 9.17) is 9.47 Å². The number of carbonyl (C=O) groups excluding carboxylic acids is 2. The van der Waals surface area contributed by atoms with Crippen LogP contribution in [0.4, 0.5) is 55.5 Å². The molecule has 4 aromatic heterocycles. The number of ether oxygens (including phenoxy) is 2. The fourth-order valence-corrected chi connectivity index (χ4v) is 6.19. The summed E-state index contributed by atoms with van der Waals surface area (Å²) in [6, 6.07) is 13.3. The summed E-state index contributed by atoms with van der Waals surface area (Å²) >= 11 is 0. The van der Waals surface area contributed by atoms with Crippen LogP contribution < -0.4 is 20.1 Å². The minimum atomic E-state index is -4.80. The Morgan fingerprint density at radius 2 is 1.00 bits per heavy atom. The van der Waals surface area contributed by atoms with Crippen LogP contribution in [0.1, 0.15) is 46.2 Å². The highest BCUT2D eigenvalue weighted by atomic mass is 19.4. The second-order valence-corrected chi connectivity index (χ2v) is 13.4. The number of carbonyl (C=O) groups is 2. The molecule has 0 aliphatic rings. The maximum atomic E-state index is 13.8. The van der Waals surface area contributed by atoms with Gasteiger partial charge in [-0.05, 0) is 68.4 Å². The van der Waals surface area contributed by atoms with Gasteiger partial charge in [-0.25, -0.2) is 47.5 Å². The summed E-state index contributed by atoms with van der Waals surface area (Å²) in [7, 11) is 0. The van der Waals surface area contributed by atoms with Gasteiger partial charge in [0.25, 0.3) is 11.8 Å². The van der Waals surface area contributed by atoms with E-state index in [-0.39, 0.29) is 45.3 Å². The first-order valence-corrected chi connectivity index (χ1v) is 19.0. The Bertz CT molecular complexity index is 3090. The van der Waals surface area contributed by atoms with E-state index in [1.807, 2.05) is 0 Å². The third kappa shape index (κ3) is 9.95. The molecule has 0 fully saturated rings. The number of benzene rings is 4. The van der Waals surface area contributed by atoms with Crippen molar-refractivity contribution in [3.8, 4) is 23.1 Å². The molecule has 66 heavy (non-hydrogen) atoms. The minimum absolute atomic E-state index is 0.0361. The van der Waals surface area contributed by atoms with Gasteiger partial charge in [-0.2, -0.15) is 26.3 Å². The Kier molecular flexibility index (Phi) is 12.8. The van der Waals surface area contributed by atoms with Crippen LogP contribution in [0.3, 0.4) is 0 Å². The molecule has 0 saturated heterocycles. The van der Waals surface area contributed by atoms with Crippen molar-refractivity contribution in [3.05, 3.63) is 144 Å². The highest BCUT2D eigenvalue weighted by molar-refractivity contribution is 6.04. The summed E-state index contributed by atoms with van der Waals surface area (Å²) in [6.07, 6.45) is -5.60. The van der Waals surface area contributed by atoms with Crippen LogP contribution in [-0.4, -0.2) is 64.1 Å². The van der Waals surface area contributed by atoms with Crippen LogP contribution in [-0.2, 0) is 12.4 Å². The van der Waals surface area contributed by atoms with Gasteiger partial charge >= 0.3 is 12.4 Å². The standard InChI is InChI=1S/2C21H14F5N5O2/c1-2-33-12-4-6-16-15(8-12)29-20(21(24,25)26)31(16)18-10-27-17(9-28-18)30-19(32)13-7-11(22)3-5-14(13)23;1-2-33-12-4-6-16-15(8-12)29-20(21(24,25)26)31(16)18-10-27-17(9-28-18)30-19(32)13-5-3-11(22)7-14(13)23/h2*3-10H,2H2,1H3,(H,27,30,32). The summed E-state index contributed by atoms with van der Waals surface area (Å²) in [5.41, 5.74) is -0.699. The van der Waals surface area contributed by atoms with Crippen LogP contribution in [0, 0.1) is 23.3 Å². The van der Waals surface area contributed by atoms with Crippen LogP contribution >= 0.6 is 0 Å². The summed E-state index contributed by atoms with van der Waals surface area (Å²) in [5.74, 6) is -8.10. The first-order valence-electron chi connectivity index (χ1n) is 19.0. The van der Waals surface area contributed by atoms with Crippen molar-refractivity contribution in [3.63, 3.8) is 0 Å². The molecule has 14 nitrogen and oxygen atoms in total. The third-order valence-electron chi connectivity index (χ3n) is 8.95. The molecule has 340 valence electrons. The number of fused-ring (bicyclic) bond motifs is 2. The van der Waals surface area contributed by atoms with Gasteiger partial charge in [0.1, 0.15) is 34.8 Å². The van der Waals surface area contributed by atoms with Crippen molar-refractivity contribution in [2.75, 3.05) is 23.8 Å². The van der Waals surface area contributed by atoms with E-state index in [0.29, 0.717) is 36.8 Å².